The first-order valence-electron chi connectivity index (χ1n) is 3.76. The first-order chi connectivity index (χ1) is 6.20. The van der Waals surface area contributed by atoms with E-state index in [4.69, 9.17) is 28.5 Å². The molecule has 68 valence electrons. The quantitative estimate of drug-likeness (QED) is 0.714. The monoisotopic (exact) mass is 215 g/mol. The maximum atomic E-state index is 8.81. The van der Waals surface area contributed by atoms with Crippen molar-refractivity contribution in [3.8, 4) is 6.07 Å². The van der Waals surface area contributed by atoms with Crippen molar-refractivity contribution < 1.29 is 0 Å². The predicted octanol–water partition coefficient (Wildman–Crippen LogP) is 2.80. The molecule has 1 aromatic rings. The van der Waals surface area contributed by atoms with Crippen molar-refractivity contribution in [2.75, 3.05) is 0 Å². The van der Waals surface area contributed by atoms with E-state index in [9.17, 15) is 0 Å². The molecular weight excluding hydrogens is 209 g/mol. The molecule has 1 atom stereocenters. The van der Waals surface area contributed by atoms with E-state index in [2.05, 4.69) is 16.0 Å². The van der Waals surface area contributed by atoms with Gasteiger partial charge in [0.05, 0.1) is 12.0 Å². The average Bonchev–Trinajstić information content (AvgIpc) is 2.11. The second kappa shape index (κ2) is 4.40. The second-order valence-corrected chi connectivity index (χ2v) is 3.17. The molecule has 0 bridgehead atoms. The summed E-state index contributed by atoms with van der Waals surface area (Å²) >= 11 is 11.6. The fourth-order valence-corrected chi connectivity index (χ4v) is 1.58. The molecule has 5 heteroatoms. The Morgan fingerprint density at radius 1 is 1.46 bits per heavy atom. The lowest BCUT2D eigenvalue weighted by Crippen LogP contribution is -1.99. The van der Waals surface area contributed by atoms with Gasteiger partial charge in [-0.05, 0) is 6.42 Å². The Balaban J connectivity index is 3.20. The molecule has 0 N–H and O–H groups in total. The molecule has 0 aromatic carbocycles. The van der Waals surface area contributed by atoms with Crippen LogP contribution in [0.2, 0.25) is 10.3 Å². The van der Waals surface area contributed by atoms with Crippen molar-refractivity contribution in [1.82, 2.24) is 9.97 Å². The summed E-state index contributed by atoms with van der Waals surface area (Å²) in [4.78, 5) is 7.55. The van der Waals surface area contributed by atoms with Crippen LogP contribution in [-0.4, -0.2) is 9.97 Å². The molecule has 0 saturated carbocycles. The van der Waals surface area contributed by atoms with Gasteiger partial charge in [-0.25, -0.2) is 9.97 Å². The van der Waals surface area contributed by atoms with Gasteiger partial charge in [0.25, 0.3) is 0 Å². The third-order valence-electron chi connectivity index (χ3n) is 1.70. The van der Waals surface area contributed by atoms with Gasteiger partial charge in [0.15, 0.2) is 0 Å². The molecule has 1 rings (SSSR count). The van der Waals surface area contributed by atoms with E-state index in [1.807, 2.05) is 6.92 Å². The minimum absolute atomic E-state index is 0.258. The maximum Gasteiger partial charge on any atom is 0.138 e. The van der Waals surface area contributed by atoms with Crippen LogP contribution in [-0.2, 0) is 0 Å². The van der Waals surface area contributed by atoms with E-state index in [1.165, 1.54) is 6.33 Å². The fourth-order valence-electron chi connectivity index (χ4n) is 1.00. The third kappa shape index (κ3) is 2.09. The van der Waals surface area contributed by atoms with E-state index in [0.29, 0.717) is 12.0 Å². The number of hydrogen-bond donors (Lipinski definition) is 0. The highest BCUT2D eigenvalue weighted by Crippen LogP contribution is 2.29. The van der Waals surface area contributed by atoms with E-state index in [0.717, 1.165) is 0 Å². The average molecular weight is 216 g/mol. The SMILES string of the molecule is CCC(C#N)c1c(Cl)ncnc1Cl. The molecule has 1 unspecified atom stereocenters. The largest absolute Gasteiger partial charge is 0.224 e. The number of hydrogen-bond acceptors (Lipinski definition) is 3. The highest BCUT2D eigenvalue weighted by Gasteiger charge is 2.17. The summed E-state index contributed by atoms with van der Waals surface area (Å²) in [5.74, 6) is -0.332. The summed E-state index contributed by atoms with van der Waals surface area (Å²) in [6, 6.07) is 2.10. The summed E-state index contributed by atoms with van der Waals surface area (Å²) in [5, 5.41) is 9.32. The number of rotatable bonds is 2. The minimum Gasteiger partial charge on any atom is -0.224 e. The van der Waals surface area contributed by atoms with E-state index in [-0.39, 0.29) is 16.2 Å². The normalized spacial score (nSPS) is 12.2. The van der Waals surface area contributed by atoms with Crippen molar-refractivity contribution in [3.05, 3.63) is 22.2 Å². The standard InChI is InChI=1S/C8H7Cl2N3/c1-2-5(3-11)6-7(9)12-4-13-8(6)10/h4-5H,2H2,1H3. The van der Waals surface area contributed by atoms with E-state index < -0.39 is 0 Å². The summed E-state index contributed by atoms with van der Waals surface area (Å²) < 4.78 is 0. The Kier molecular flexibility index (Phi) is 3.47. The molecule has 1 heterocycles. The van der Waals surface area contributed by atoms with Gasteiger partial charge >= 0.3 is 0 Å². The van der Waals surface area contributed by atoms with E-state index >= 15 is 0 Å². The smallest absolute Gasteiger partial charge is 0.138 e. The molecule has 0 saturated heterocycles. The first-order valence-corrected chi connectivity index (χ1v) is 4.51. The van der Waals surface area contributed by atoms with Crippen LogP contribution >= 0.6 is 23.2 Å². The van der Waals surface area contributed by atoms with Crippen LogP contribution in [0.5, 0.6) is 0 Å². The van der Waals surface area contributed by atoms with Gasteiger partial charge < -0.3 is 0 Å². The van der Waals surface area contributed by atoms with Crippen LogP contribution in [0.25, 0.3) is 0 Å². The van der Waals surface area contributed by atoms with Gasteiger partial charge in [0.2, 0.25) is 0 Å². The van der Waals surface area contributed by atoms with Crippen LogP contribution in [0.3, 0.4) is 0 Å². The zero-order valence-electron chi connectivity index (χ0n) is 6.96. The molecule has 0 aliphatic carbocycles. The highest BCUT2D eigenvalue weighted by atomic mass is 35.5. The lowest BCUT2D eigenvalue weighted by Gasteiger charge is -2.08. The summed E-state index contributed by atoms with van der Waals surface area (Å²) in [7, 11) is 0. The Morgan fingerprint density at radius 2 is 2.00 bits per heavy atom. The Bertz CT molecular complexity index is 325. The molecule has 13 heavy (non-hydrogen) atoms. The molecule has 0 aliphatic rings. The van der Waals surface area contributed by atoms with Crippen LogP contribution in [0.4, 0.5) is 0 Å². The van der Waals surface area contributed by atoms with Crippen LogP contribution < -0.4 is 0 Å². The van der Waals surface area contributed by atoms with Gasteiger partial charge in [-0.15, -0.1) is 0 Å². The fraction of sp³-hybridized carbons (Fsp3) is 0.375. The Morgan fingerprint density at radius 3 is 2.38 bits per heavy atom. The van der Waals surface area contributed by atoms with Crippen LogP contribution in [0.15, 0.2) is 6.33 Å². The van der Waals surface area contributed by atoms with Gasteiger partial charge in [-0.1, -0.05) is 30.1 Å². The van der Waals surface area contributed by atoms with Gasteiger partial charge in [0.1, 0.15) is 16.6 Å². The number of nitriles is 1. The second-order valence-electron chi connectivity index (χ2n) is 2.46. The van der Waals surface area contributed by atoms with Gasteiger partial charge in [-0.3, -0.25) is 0 Å². The molecule has 0 spiro atoms. The number of aromatic nitrogens is 2. The maximum absolute atomic E-state index is 8.81. The minimum atomic E-state index is -0.332. The summed E-state index contributed by atoms with van der Waals surface area (Å²) in [6.45, 7) is 1.88. The van der Waals surface area contributed by atoms with Gasteiger partial charge in [-0.2, -0.15) is 5.26 Å². The van der Waals surface area contributed by atoms with Crippen molar-refractivity contribution in [3.63, 3.8) is 0 Å². The zero-order valence-corrected chi connectivity index (χ0v) is 8.47. The molecule has 3 nitrogen and oxygen atoms in total. The molecule has 0 fully saturated rings. The first kappa shape index (κ1) is 10.2. The van der Waals surface area contributed by atoms with Crippen molar-refractivity contribution >= 4 is 23.2 Å². The van der Waals surface area contributed by atoms with Crippen LogP contribution in [0, 0.1) is 11.3 Å². The number of nitrogens with zero attached hydrogens (tertiary/aromatic N) is 3. The third-order valence-corrected chi connectivity index (χ3v) is 2.30. The number of halogens is 2. The molecule has 1 aromatic heterocycles. The lowest BCUT2D eigenvalue weighted by molar-refractivity contribution is 0.805. The summed E-state index contributed by atoms with van der Waals surface area (Å²) in [5.41, 5.74) is 0.524. The zero-order chi connectivity index (χ0) is 9.84. The van der Waals surface area contributed by atoms with E-state index in [1.54, 1.807) is 0 Å². The Hall–Kier alpha value is -0.850. The highest BCUT2D eigenvalue weighted by molar-refractivity contribution is 6.34. The van der Waals surface area contributed by atoms with Crippen molar-refractivity contribution in [1.29, 1.82) is 5.26 Å². The predicted molar refractivity (Wildman–Crippen MR) is 50.7 cm³/mol. The topological polar surface area (TPSA) is 49.6 Å². The molecule has 0 amide bonds. The molecular formula is C8H7Cl2N3. The molecule has 0 radical (unpaired) electrons. The molecule has 0 aliphatic heterocycles. The van der Waals surface area contributed by atoms with Gasteiger partial charge in [0, 0.05) is 5.56 Å². The summed E-state index contributed by atoms with van der Waals surface area (Å²) in [6.07, 6.45) is 1.92. The Labute approximate surface area is 86.3 Å². The van der Waals surface area contributed by atoms with Crippen LogP contribution in [0.1, 0.15) is 24.8 Å². The lowest BCUT2D eigenvalue weighted by atomic mass is 10.0. The van der Waals surface area contributed by atoms with Crippen molar-refractivity contribution in [2.45, 2.75) is 19.3 Å². The van der Waals surface area contributed by atoms with Crippen molar-refractivity contribution in [2.24, 2.45) is 0 Å².